The Morgan fingerprint density at radius 1 is 1.15 bits per heavy atom. The van der Waals surface area contributed by atoms with Crippen molar-refractivity contribution in [1.29, 1.82) is 0 Å². The van der Waals surface area contributed by atoms with Gasteiger partial charge in [-0.1, -0.05) is 24.3 Å². The van der Waals surface area contributed by atoms with E-state index in [1.54, 1.807) is 13.0 Å². The Balaban J connectivity index is 2.08. The average Bonchev–Trinajstić information content (AvgIpc) is 2.41. The zero-order valence-electron chi connectivity index (χ0n) is 12.1. The molecule has 20 heavy (non-hydrogen) atoms. The second kappa shape index (κ2) is 6.42. The molecule has 3 heteroatoms. The maximum Gasteiger partial charge on any atom is 0.142 e. The van der Waals surface area contributed by atoms with Crippen molar-refractivity contribution in [3.05, 3.63) is 59.4 Å². The highest BCUT2D eigenvalue weighted by Gasteiger charge is 2.05. The molecule has 2 rings (SSSR count). The number of nitrogens with one attached hydrogen (secondary N) is 1. The van der Waals surface area contributed by atoms with Crippen molar-refractivity contribution < 1.29 is 9.13 Å². The van der Waals surface area contributed by atoms with E-state index < -0.39 is 0 Å². The smallest absolute Gasteiger partial charge is 0.142 e. The number of anilines is 1. The molecule has 0 atom stereocenters. The minimum Gasteiger partial charge on any atom is -0.489 e. The van der Waals surface area contributed by atoms with E-state index in [1.807, 2.05) is 44.2 Å². The molecule has 0 heterocycles. The summed E-state index contributed by atoms with van der Waals surface area (Å²) in [6, 6.07) is 13.0. The van der Waals surface area contributed by atoms with Crippen LogP contribution < -0.4 is 10.1 Å². The van der Waals surface area contributed by atoms with E-state index in [1.165, 1.54) is 6.07 Å². The number of rotatable bonds is 5. The summed E-state index contributed by atoms with van der Waals surface area (Å²) in [6.45, 7) is 6.41. The van der Waals surface area contributed by atoms with Crippen molar-refractivity contribution >= 4 is 5.69 Å². The first-order valence-corrected chi connectivity index (χ1v) is 6.81. The third-order valence-corrected chi connectivity index (χ3v) is 2.96. The van der Waals surface area contributed by atoms with E-state index >= 15 is 0 Å². The van der Waals surface area contributed by atoms with Crippen molar-refractivity contribution in [3.63, 3.8) is 0 Å². The first-order valence-electron chi connectivity index (χ1n) is 6.81. The lowest BCUT2D eigenvalue weighted by Crippen LogP contribution is -2.08. The fourth-order valence-corrected chi connectivity index (χ4v) is 1.98. The van der Waals surface area contributed by atoms with E-state index in [2.05, 4.69) is 5.32 Å². The van der Waals surface area contributed by atoms with Gasteiger partial charge < -0.3 is 10.1 Å². The summed E-state index contributed by atoms with van der Waals surface area (Å²) in [5.41, 5.74) is 2.66. The van der Waals surface area contributed by atoms with Crippen LogP contribution in [0.4, 0.5) is 10.1 Å². The average molecular weight is 273 g/mol. The molecule has 0 saturated heterocycles. The molecule has 0 unspecified atom stereocenters. The molecule has 0 amide bonds. The molecule has 0 aliphatic heterocycles. The summed E-state index contributed by atoms with van der Waals surface area (Å²) < 4.78 is 19.0. The van der Waals surface area contributed by atoms with Gasteiger partial charge in [-0.2, -0.15) is 0 Å². The van der Waals surface area contributed by atoms with Crippen LogP contribution in [-0.4, -0.2) is 6.10 Å². The first-order chi connectivity index (χ1) is 9.56. The van der Waals surface area contributed by atoms with Gasteiger partial charge in [0.25, 0.3) is 0 Å². The zero-order chi connectivity index (χ0) is 14.5. The van der Waals surface area contributed by atoms with Crippen LogP contribution in [0.2, 0.25) is 0 Å². The van der Waals surface area contributed by atoms with Crippen molar-refractivity contribution in [3.8, 4) is 5.75 Å². The summed E-state index contributed by atoms with van der Waals surface area (Å²) in [7, 11) is 0. The van der Waals surface area contributed by atoms with Crippen LogP contribution in [-0.2, 0) is 6.54 Å². The van der Waals surface area contributed by atoms with Crippen molar-refractivity contribution in [2.45, 2.75) is 33.4 Å². The Morgan fingerprint density at radius 3 is 2.60 bits per heavy atom. The molecular weight excluding hydrogens is 253 g/mol. The topological polar surface area (TPSA) is 21.3 Å². The molecule has 106 valence electrons. The van der Waals surface area contributed by atoms with Crippen LogP contribution in [0, 0.1) is 12.7 Å². The van der Waals surface area contributed by atoms with Gasteiger partial charge in [0.15, 0.2) is 0 Å². The van der Waals surface area contributed by atoms with Crippen molar-refractivity contribution in [2.24, 2.45) is 0 Å². The maximum atomic E-state index is 13.2. The van der Waals surface area contributed by atoms with E-state index in [0.29, 0.717) is 12.1 Å². The third kappa shape index (κ3) is 3.73. The van der Waals surface area contributed by atoms with E-state index in [9.17, 15) is 4.39 Å². The molecule has 2 aromatic rings. The lowest BCUT2D eigenvalue weighted by Gasteiger charge is -2.15. The molecule has 0 saturated carbocycles. The fraction of sp³-hybridized carbons (Fsp3) is 0.294. The second-order valence-corrected chi connectivity index (χ2v) is 5.10. The van der Waals surface area contributed by atoms with Gasteiger partial charge in [0, 0.05) is 6.54 Å². The highest BCUT2D eigenvalue weighted by atomic mass is 19.1. The van der Waals surface area contributed by atoms with Crippen LogP contribution >= 0.6 is 0 Å². The molecule has 0 bridgehead atoms. The number of para-hydroxylation sites is 2. The van der Waals surface area contributed by atoms with Gasteiger partial charge in [-0.15, -0.1) is 0 Å². The van der Waals surface area contributed by atoms with Crippen LogP contribution in [0.5, 0.6) is 5.75 Å². The number of benzene rings is 2. The Morgan fingerprint density at radius 2 is 1.90 bits per heavy atom. The largest absolute Gasteiger partial charge is 0.489 e. The number of halogens is 1. The Kier molecular flexibility index (Phi) is 4.61. The van der Waals surface area contributed by atoms with Gasteiger partial charge >= 0.3 is 0 Å². The normalized spacial score (nSPS) is 10.7. The minimum absolute atomic E-state index is 0.131. The quantitative estimate of drug-likeness (QED) is 0.864. The molecule has 1 N–H and O–H groups in total. The van der Waals surface area contributed by atoms with E-state index in [0.717, 1.165) is 17.0 Å². The highest BCUT2D eigenvalue weighted by molar-refractivity contribution is 5.56. The second-order valence-electron chi connectivity index (χ2n) is 5.10. The van der Waals surface area contributed by atoms with E-state index in [-0.39, 0.29) is 11.9 Å². The molecule has 0 aromatic heterocycles. The minimum atomic E-state index is -0.169. The van der Waals surface area contributed by atoms with Gasteiger partial charge in [-0.3, -0.25) is 0 Å². The monoisotopic (exact) mass is 273 g/mol. The molecule has 2 aromatic carbocycles. The highest BCUT2D eigenvalue weighted by Crippen LogP contribution is 2.25. The van der Waals surface area contributed by atoms with Crippen LogP contribution in [0.15, 0.2) is 42.5 Å². The Bertz CT molecular complexity index is 581. The molecule has 0 aliphatic carbocycles. The molecule has 0 radical (unpaired) electrons. The van der Waals surface area contributed by atoms with Crippen molar-refractivity contribution in [2.75, 3.05) is 5.32 Å². The molecular formula is C17H20FNO. The molecule has 0 aliphatic rings. The van der Waals surface area contributed by atoms with Crippen LogP contribution in [0.3, 0.4) is 0 Å². The standard InChI is InChI=1S/C17H20FNO/c1-12(2)20-17-7-5-4-6-16(17)19-11-14-8-9-15(18)13(3)10-14/h4-10,12,19H,11H2,1-3H3. The first kappa shape index (κ1) is 14.4. The molecule has 0 fully saturated rings. The van der Waals surface area contributed by atoms with E-state index in [4.69, 9.17) is 4.74 Å². The third-order valence-electron chi connectivity index (χ3n) is 2.96. The molecule has 2 nitrogen and oxygen atoms in total. The summed E-state index contributed by atoms with van der Waals surface area (Å²) in [6.07, 6.45) is 0.131. The predicted octanol–water partition coefficient (Wildman–Crippen LogP) is 4.53. The predicted molar refractivity (Wildman–Crippen MR) is 80.7 cm³/mol. The van der Waals surface area contributed by atoms with Crippen LogP contribution in [0.1, 0.15) is 25.0 Å². The summed E-state index contributed by atoms with van der Waals surface area (Å²) in [4.78, 5) is 0. The van der Waals surface area contributed by atoms with Crippen LogP contribution in [0.25, 0.3) is 0 Å². The van der Waals surface area contributed by atoms with Gasteiger partial charge in [0.05, 0.1) is 11.8 Å². The number of hydrogen-bond donors (Lipinski definition) is 1. The lowest BCUT2D eigenvalue weighted by atomic mass is 10.1. The van der Waals surface area contributed by atoms with Gasteiger partial charge in [-0.05, 0) is 50.1 Å². The summed E-state index contributed by atoms with van der Waals surface area (Å²) in [5.74, 6) is 0.665. The van der Waals surface area contributed by atoms with Crippen molar-refractivity contribution in [1.82, 2.24) is 0 Å². The SMILES string of the molecule is Cc1cc(CNc2ccccc2OC(C)C)ccc1F. The number of hydrogen-bond acceptors (Lipinski definition) is 2. The Labute approximate surface area is 119 Å². The maximum absolute atomic E-state index is 13.2. The lowest BCUT2D eigenvalue weighted by molar-refractivity contribution is 0.243. The van der Waals surface area contributed by atoms with Gasteiger partial charge in [0.1, 0.15) is 11.6 Å². The van der Waals surface area contributed by atoms with Gasteiger partial charge in [-0.25, -0.2) is 4.39 Å². The fourth-order valence-electron chi connectivity index (χ4n) is 1.98. The number of ether oxygens (including phenoxy) is 1. The molecule has 0 spiro atoms. The Hall–Kier alpha value is -2.03. The van der Waals surface area contributed by atoms with Gasteiger partial charge in [0.2, 0.25) is 0 Å². The summed E-state index contributed by atoms with van der Waals surface area (Å²) in [5, 5.41) is 3.33. The number of aryl methyl sites for hydroxylation is 1. The summed E-state index contributed by atoms with van der Waals surface area (Å²) >= 11 is 0. The zero-order valence-corrected chi connectivity index (χ0v) is 12.1.